The van der Waals surface area contributed by atoms with Crippen LogP contribution in [-0.4, -0.2) is 18.8 Å². The number of ether oxygens (including phenoxy) is 1. The number of hydrogen-bond acceptors (Lipinski definition) is 3. The van der Waals surface area contributed by atoms with Gasteiger partial charge < -0.3 is 10.1 Å². The molecule has 2 aliphatic rings. The number of fused-ring (bicyclic) bond motifs is 3. The van der Waals surface area contributed by atoms with E-state index in [0.717, 1.165) is 35.3 Å². The van der Waals surface area contributed by atoms with Gasteiger partial charge in [0, 0.05) is 16.7 Å². The van der Waals surface area contributed by atoms with Gasteiger partial charge in [0.15, 0.2) is 5.78 Å². The molecule has 4 heteroatoms. The summed E-state index contributed by atoms with van der Waals surface area (Å²) in [7, 11) is 1.64. The standard InChI is InChI=1S/C25H21NO3/c1-29-18-11-8-16(9-12-18)23(15-6-7-15)26-25(28)17-10-13-20-19-4-2-3-5-21(19)24(27)22(20)14-17/h2-5,8-15,23H,6-7H2,1H3,(H,26,28). The minimum absolute atomic E-state index is 0.0147. The molecule has 3 aromatic carbocycles. The van der Waals surface area contributed by atoms with E-state index in [-0.39, 0.29) is 17.7 Å². The van der Waals surface area contributed by atoms with E-state index in [9.17, 15) is 9.59 Å². The van der Waals surface area contributed by atoms with Crippen molar-refractivity contribution in [3.05, 3.63) is 89.0 Å². The van der Waals surface area contributed by atoms with E-state index in [0.29, 0.717) is 22.6 Å². The zero-order valence-corrected chi connectivity index (χ0v) is 16.1. The Morgan fingerprint density at radius 3 is 2.31 bits per heavy atom. The maximum Gasteiger partial charge on any atom is 0.251 e. The second kappa shape index (κ2) is 6.89. The molecule has 5 rings (SSSR count). The summed E-state index contributed by atoms with van der Waals surface area (Å²) < 4.78 is 5.24. The number of hydrogen-bond donors (Lipinski definition) is 1. The maximum atomic E-state index is 13.0. The van der Waals surface area contributed by atoms with E-state index in [1.165, 1.54) is 0 Å². The average molecular weight is 383 g/mol. The first-order valence-electron chi connectivity index (χ1n) is 9.88. The van der Waals surface area contributed by atoms with Crippen LogP contribution < -0.4 is 10.1 Å². The normalized spacial score (nSPS) is 15.4. The topological polar surface area (TPSA) is 55.4 Å². The summed E-state index contributed by atoms with van der Waals surface area (Å²) in [5.41, 5.74) is 4.74. The van der Waals surface area contributed by atoms with E-state index in [1.807, 2.05) is 60.7 Å². The van der Waals surface area contributed by atoms with Crippen LogP contribution in [0.5, 0.6) is 5.75 Å². The van der Waals surface area contributed by atoms with Crippen molar-refractivity contribution in [2.24, 2.45) is 5.92 Å². The Kier molecular flexibility index (Phi) is 4.20. The van der Waals surface area contributed by atoms with Crippen molar-refractivity contribution in [1.29, 1.82) is 0 Å². The molecule has 29 heavy (non-hydrogen) atoms. The van der Waals surface area contributed by atoms with Gasteiger partial charge in [-0.15, -0.1) is 0 Å². The van der Waals surface area contributed by atoms with Gasteiger partial charge in [0.1, 0.15) is 5.75 Å². The molecule has 0 radical (unpaired) electrons. The van der Waals surface area contributed by atoms with Crippen molar-refractivity contribution in [1.82, 2.24) is 5.32 Å². The second-order valence-corrected chi connectivity index (χ2v) is 7.70. The van der Waals surface area contributed by atoms with Crippen LogP contribution in [-0.2, 0) is 0 Å². The van der Waals surface area contributed by atoms with E-state index in [2.05, 4.69) is 5.32 Å². The SMILES string of the molecule is COc1ccc(C(NC(=O)c2ccc3c(c2)C(=O)c2ccccc2-3)C2CC2)cc1. The van der Waals surface area contributed by atoms with Gasteiger partial charge >= 0.3 is 0 Å². The predicted molar refractivity (Wildman–Crippen MR) is 111 cm³/mol. The molecule has 144 valence electrons. The third kappa shape index (κ3) is 3.11. The van der Waals surface area contributed by atoms with Crippen LogP contribution in [0, 0.1) is 5.92 Å². The average Bonchev–Trinajstić information content (AvgIpc) is 3.58. The van der Waals surface area contributed by atoms with Gasteiger partial charge in [-0.2, -0.15) is 0 Å². The summed E-state index contributed by atoms with van der Waals surface area (Å²) in [6.07, 6.45) is 2.21. The molecule has 4 nitrogen and oxygen atoms in total. The van der Waals surface area contributed by atoms with Crippen molar-refractivity contribution in [3.8, 4) is 16.9 Å². The molecule has 1 atom stereocenters. The van der Waals surface area contributed by atoms with Gasteiger partial charge in [-0.1, -0.05) is 42.5 Å². The van der Waals surface area contributed by atoms with Crippen LogP contribution in [0.15, 0.2) is 66.7 Å². The lowest BCUT2D eigenvalue weighted by molar-refractivity contribution is 0.0931. The summed E-state index contributed by atoms with van der Waals surface area (Å²) in [6, 6.07) is 20.8. The first-order chi connectivity index (χ1) is 14.2. The first kappa shape index (κ1) is 17.7. The lowest BCUT2D eigenvalue weighted by Gasteiger charge is -2.19. The Balaban J connectivity index is 1.41. The van der Waals surface area contributed by atoms with Gasteiger partial charge in [-0.05, 0) is 59.7 Å². The number of ketones is 1. The molecular formula is C25H21NO3. The Morgan fingerprint density at radius 1 is 0.931 bits per heavy atom. The molecule has 2 aliphatic carbocycles. The third-order valence-electron chi connectivity index (χ3n) is 5.84. The van der Waals surface area contributed by atoms with Crippen molar-refractivity contribution >= 4 is 11.7 Å². The fourth-order valence-electron chi connectivity index (χ4n) is 4.11. The molecule has 1 N–H and O–H groups in total. The van der Waals surface area contributed by atoms with Gasteiger partial charge in [-0.3, -0.25) is 9.59 Å². The van der Waals surface area contributed by atoms with Crippen LogP contribution in [0.3, 0.4) is 0 Å². The lowest BCUT2D eigenvalue weighted by Crippen LogP contribution is -2.30. The van der Waals surface area contributed by atoms with Crippen LogP contribution in [0.4, 0.5) is 0 Å². The molecule has 1 fully saturated rings. The largest absolute Gasteiger partial charge is 0.497 e. The molecule has 0 spiro atoms. The molecule has 0 aromatic heterocycles. The number of methoxy groups -OCH3 is 1. The molecule has 3 aromatic rings. The van der Waals surface area contributed by atoms with Gasteiger partial charge in [0.05, 0.1) is 13.2 Å². The molecule has 0 bridgehead atoms. The number of amides is 1. The van der Waals surface area contributed by atoms with Crippen LogP contribution in [0.1, 0.15) is 50.7 Å². The Bertz CT molecular complexity index is 1110. The third-order valence-corrected chi connectivity index (χ3v) is 5.84. The quantitative estimate of drug-likeness (QED) is 0.539. The highest BCUT2D eigenvalue weighted by Crippen LogP contribution is 2.42. The Hall–Kier alpha value is -3.40. The van der Waals surface area contributed by atoms with Crippen LogP contribution in [0.2, 0.25) is 0 Å². The number of rotatable bonds is 5. The zero-order chi connectivity index (χ0) is 20.0. The van der Waals surface area contributed by atoms with Crippen molar-refractivity contribution in [2.75, 3.05) is 7.11 Å². The van der Waals surface area contributed by atoms with E-state index >= 15 is 0 Å². The lowest BCUT2D eigenvalue weighted by atomic mass is 10.00. The minimum atomic E-state index is -0.149. The summed E-state index contributed by atoms with van der Waals surface area (Å²) in [5, 5.41) is 3.19. The zero-order valence-electron chi connectivity index (χ0n) is 16.1. The number of benzene rings is 3. The van der Waals surface area contributed by atoms with Crippen LogP contribution >= 0.6 is 0 Å². The summed E-state index contributed by atoms with van der Waals surface area (Å²) in [5.74, 6) is 1.09. The predicted octanol–water partition coefficient (Wildman–Crippen LogP) is 4.79. The van der Waals surface area contributed by atoms with Crippen LogP contribution in [0.25, 0.3) is 11.1 Å². The molecular weight excluding hydrogens is 362 g/mol. The first-order valence-corrected chi connectivity index (χ1v) is 9.88. The van der Waals surface area contributed by atoms with Gasteiger partial charge in [0.2, 0.25) is 0 Å². The Morgan fingerprint density at radius 2 is 1.62 bits per heavy atom. The van der Waals surface area contributed by atoms with E-state index < -0.39 is 0 Å². The molecule has 0 heterocycles. The van der Waals surface area contributed by atoms with E-state index in [1.54, 1.807) is 13.2 Å². The second-order valence-electron chi connectivity index (χ2n) is 7.70. The highest BCUT2D eigenvalue weighted by atomic mass is 16.5. The molecule has 1 unspecified atom stereocenters. The van der Waals surface area contributed by atoms with Crippen molar-refractivity contribution in [3.63, 3.8) is 0 Å². The van der Waals surface area contributed by atoms with Crippen molar-refractivity contribution < 1.29 is 14.3 Å². The van der Waals surface area contributed by atoms with E-state index in [4.69, 9.17) is 4.74 Å². The number of carbonyl (C=O) groups excluding carboxylic acids is 2. The molecule has 1 saturated carbocycles. The monoisotopic (exact) mass is 383 g/mol. The molecule has 0 saturated heterocycles. The summed E-state index contributed by atoms with van der Waals surface area (Å²) in [6.45, 7) is 0. The van der Waals surface area contributed by atoms with Gasteiger partial charge in [0.25, 0.3) is 5.91 Å². The highest BCUT2D eigenvalue weighted by molar-refractivity contribution is 6.22. The fourth-order valence-corrected chi connectivity index (χ4v) is 4.11. The maximum absolute atomic E-state index is 13.0. The molecule has 1 amide bonds. The summed E-state index contributed by atoms with van der Waals surface area (Å²) in [4.78, 5) is 25.8. The fraction of sp³-hybridized carbons (Fsp3) is 0.200. The summed E-state index contributed by atoms with van der Waals surface area (Å²) >= 11 is 0. The number of nitrogens with one attached hydrogen (secondary N) is 1. The minimum Gasteiger partial charge on any atom is -0.497 e. The van der Waals surface area contributed by atoms with Crippen molar-refractivity contribution in [2.45, 2.75) is 18.9 Å². The molecule has 0 aliphatic heterocycles. The highest BCUT2D eigenvalue weighted by Gasteiger charge is 2.34. The number of carbonyl (C=O) groups is 2. The van der Waals surface area contributed by atoms with Gasteiger partial charge in [-0.25, -0.2) is 0 Å². The Labute approximate surface area is 169 Å². The smallest absolute Gasteiger partial charge is 0.251 e.